The molecule has 0 bridgehead atoms. The molecule has 1 saturated heterocycles. The van der Waals surface area contributed by atoms with Crippen LogP contribution in [0.25, 0.3) is 0 Å². The summed E-state index contributed by atoms with van der Waals surface area (Å²) >= 11 is 0. The molecule has 0 amide bonds. The highest BCUT2D eigenvalue weighted by molar-refractivity contribution is 7.89. The van der Waals surface area contributed by atoms with Crippen LogP contribution in [0.4, 0.5) is 0 Å². The Bertz CT molecular complexity index is 482. The van der Waals surface area contributed by atoms with Crippen molar-refractivity contribution in [1.29, 1.82) is 0 Å². The lowest BCUT2D eigenvalue weighted by molar-refractivity contribution is 0.257. The van der Waals surface area contributed by atoms with Gasteiger partial charge in [0.1, 0.15) is 5.82 Å². The molecule has 1 atom stereocenters. The second-order valence-electron chi connectivity index (χ2n) is 4.33. The first-order valence-electron chi connectivity index (χ1n) is 5.79. The third-order valence-electron chi connectivity index (χ3n) is 3.11. The van der Waals surface area contributed by atoms with E-state index in [-0.39, 0.29) is 11.1 Å². The van der Waals surface area contributed by atoms with Crippen LogP contribution in [-0.2, 0) is 10.0 Å². The zero-order valence-corrected chi connectivity index (χ0v) is 10.7. The molecule has 0 aliphatic carbocycles. The van der Waals surface area contributed by atoms with Gasteiger partial charge in [-0.2, -0.15) is 4.31 Å². The highest BCUT2D eigenvalue weighted by atomic mass is 32.2. The van der Waals surface area contributed by atoms with Gasteiger partial charge in [0.05, 0.1) is 6.20 Å². The maximum atomic E-state index is 12.4. The van der Waals surface area contributed by atoms with Crippen LogP contribution in [0.15, 0.2) is 11.2 Å². The number of nitrogens with two attached hydrogens (primary N) is 1. The fourth-order valence-electron chi connectivity index (χ4n) is 2.18. The third-order valence-corrected chi connectivity index (χ3v) is 4.97. The smallest absolute Gasteiger partial charge is 0.260 e. The maximum absolute atomic E-state index is 12.4. The van der Waals surface area contributed by atoms with Crippen molar-refractivity contribution >= 4 is 10.0 Å². The number of aryl methyl sites for hydroxylation is 1. The second-order valence-corrected chi connectivity index (χ2v) is 6.19. The van der Waals surface area contributed by atoms with E-state index in [2.05, 4.69) is 9.97 Å². The summed E-state index contributed by atoms with van der Waals surface area (Å²) in [7, 11) is -3.47. The minimum Gasteiger partial charge on any atom is -0.332 e. The van der Waals surface area contributed by atoms with Gasteiger partial charge in [-0.25, -0.2) is 13.4 Å². The number of H-pyrrole nitrogens is 1. The molecule has 3 N–H and O–H groups in total. The molecule has 0 aromatic carbocycles. The van der Waals surface area contributed by atoms with Crippen molar-refractivity contribution in [1.82, 2.24) is 14.3 Å². The number of hydrogen-bond donors (Lipinski definition) is 2. The van der Waals surface area contributed by atoms with Gasteiger partial charge in [-0.15, -0.1) is 0 Å². The number of rotatable bonds is 3. The largest absolute Gasteiger partial charge is 0.332 e. The fourth-order valence-corrected chi connectivity index (χ4v) is 3.85. The second kappa shape index (κ2) is 4.75. The molecule has 1 aliphatic rings. The van der Waals surface area contributed by atoms with Crippen molar-refractivity contribution in [2.24, 2.45) is 5.73 Å². The van der Waals surface area contributed by atoms with E-state index in [1.165, 1.54) is 10.5 Å². The van der Waals surface area contributed by atoms with Gasteiger partial charge in [0.15, 0.2) is 5.03 Å². The molecular weight excluding hydrogens is 240 g/mol. The van der Waals surface area contributed by atoms with Gasteiger partial charge in [0.2, 0.25) is 0 Å². The summed E-state index contributed by atoms with van der Waals surface area (Å²) in [5.74, 6) is 0.602. The maximum Gasteiger partial charge on any atom is 0.260 e. The first-order valence-corrected chi connectivity index (χ1v) is 7.23. The highest BCUT2D eigenvalue weighted by Gasteiger charge is 2.33. The molecule has 17 heavy (non-hydrogen) atoms. The van der Waals surface area contributed by atoms with Crippen LogP contribution < -0.4 is 5.73 Å². The number of hydrogen-bond acceptors (Lipinski definition) is 4. The van der Waals surface area contributed by atoms with E-state index in [1.54, 1.807) is 6.92 Å². The predicted molar refractivity (Wildman–Crippen MR) is 63.9 cm³/mol. The molecule has 1 aliphatic heterocycles. The van der Waals surface area contributed by atoms with Crippen molar-refractivity contribution < 1.29 is 8.42 Å². The molecule has 0 saturated carbocycles. The molecule has 7 heteroatoms. The fraction of sp³-hybridized carbons (Fsp3) is 0.700. The Hall–Kier alpha value is -0.920. The summed E-state index contributed by atoms with van der Waals surface area (Å²) in [5, 5.41) is 0.162. The predicted octanol–water partition coefficient (Wildman–Crippen LogP) is 0.220. The molecular formula is C10H18N4O2S. The zero-order valence-electron chi connectivity index (χ0n) is 9.89. The summed E-state index contributed by atoms with van der Waals surface area (Å²) in [5.41, 5.74) is 5.64. The summed E-state index contributed by atoms with van der Waals surface area (Å²) in [6, 6.07) is -0.0858. The van der Waals surface area contributed by atoms with Crippen LogP contribution in [0, 0.1) is 6.92 Å². The zero-order chi connectivity index (χ0) is 12.5. The number of nitrogens with zero attached hydrogens (tertiary/aromatic N) is 2. The first-order chi connectivity index (χ1) is 8.05. The van der Waals surface area contributed by atoms with Crippen LogP contribution in [-0.4, -0.2) is 41.8 Å². The minimum absolute atomic E-state index is 0.0858. The minimum atomic E-state index is -3.47. The van der Waals surface area contributed by atoms with Crippen molar-refractivity contribution in [2.45, 2.75) is 37.3 Å². The average molecular weight is 258 g/mol. The quantitative estimate of drug-likeness (QED) is 0.811. The Morgan fingerprint density at radius 1 is 1.59 bits per heavy atom. The molecule has 1 fully saturated rings. The monoisotopic (exact) mass is 258 g/mol. The molecule has 0 spiro atoms. The molecule has 0 radical (unpaired) electrons. The van der Waals surface area contributed by atoms with Crippen molar-refractivity contribution in [3.05, 3.63) is 12.0 Å². The Labute approximate surface area is 101 Å². The van der Waals surface area contributed by atoms with Crippen molar-refractivity contribution in [3.8, 4) is 0 Å². The first kappa shape index (κ1) is 12.5. The van der Waals surface area contributed by atoms with Gasteiger partial charge in [-0.3, -0.25) is 0 Å². The molecule has 96 valence electrons. The average Bonchev–Trinajstić information content (AvgIpc) is 2.76. The number of imidazole rings is 1. The topological polar surface area (TPSA) is 92.1 Å². The Kier molecular flexibility index (Phi) is 3.50. The lowest BCUT2D eigenvalue weighted by atomic mass is 10.1. The Morgan fingerprint density at radius 2 is 2.35 bits per heavy atom. The molecule has 6 nitrogen and oxygen atoms in total. The molecule has 2 heterocycles. The SMILES string of the molecule is Cc1ncc(S(=O)(=O)N2CCCCC2CN)[nH]1. The van der Waals surface area contributed by atoms with Gasteiger partial charge in [-0.05, 0) is 19.8 Å². The van der Waals surface area contributed by atoms with Gasteiger partial charge in [0.25, 0.3) is 10.0 Å². The van der Waals surface area contributed by atoms with E-state index in [0.29, 0.717) is 18.9 Å². The number of aromatic nitrogens is 2. The number of aromatic amines is 1. The van der Waals surface area contributed by atoms with Crippen molar-refractivity contribution in [2.75, 3.05) is 13.1 Å². The summed E-state index contributed by atoms with van der Waals surface area (Å²) in [6.07, 6.45) is 4.13. The Morgan fingerprint density at radius 3 is 2.94 bits per heavy atom. The van der Waals surface area contributed by atoms with E-state index in [1.807, 2.05) is 0 Å². The lowest BCUT2D eigenvalue weighted by Crippen LogP contribution is -2.47. The number of piperidine rings is 1. The van der Waals surface area contributed by atoms with E-state index in [9.17, 15) is 8.42 Å². The summed E-state index contributed by atoms with van der Waals surface area (Å²) < 4.78 is 26.2. The normalized spacial score (nSPS) is 22.8. The van der Waals surface area contributed by atoms with Crippen LogP contribution in [0.3, 0.4) is 0 Å². The summed E-state index contributed by atoms with van der Waals surface area (Å²) in [4.78, 5) is 6.71. The van der Waals surface area contributed by atoms with Crippen LogP contribution >= 0.6 is 0 Å². The van der Waals surface area contributed by atoms with Crippen LogP contribution in [0.1, 0.15) is 25.1 Å². The van der Waals surface area contributed by atoms with E-state index < -0.39 is 10.0 Å². The Balaban J connectivity index is 2.30. The van der Waals surface area contributed by atoms with E-state index in [4.69, 9.17) is 5.73 Å². The summed E-state index contributed by atoms with van der Waals surface area (Å²) in [6.45, 7) is 2.64. The third kappa shape index (κ3) is 2.36. The van der Waals surface area contributed by atoms with Crippen LogP contribution in [0.5, 0.6) is 0 Å². The molecule has 1 aromatic rings. The highest BCUT2D eigenvalue weighted by Crippen LogP contribution is 2.23. The van der Waals surface area contributed by atoms with E-state index >= 15 is 0 Å². The number of nitrogens with one attached hydrogen (secondary N) is 1. The van der Waals surface area contributed by atoms with Crippen molar-refractivity contribution in [3.63, 3.8) is 0 Å². The molecule has 1 aromatic heterocycles. The lowest BCUT2D eigenvalue weighted by Gasteiger charge is -2.33. The molecule has 2 rings (SSSR count). The standard InChI is InChI=1S/C10H18N4O2S/c1-8-12-7-10(13-8)17(15,16)14-5-3-2-4-9(14)6-11/h7,9H,2-6,11H2,1H3,(H,12,13). The molecule has 1 unspecified atom stereocenters. The van der Waals surface area contributed by atoms with Gasteiger partial charge in [-0.1, -0.05) is 6.42 Å². The van der Waals surface area contributed by atoms with Crippen LogP contribution in [0.2, 0.25) is 0 Å². The van der Waals surface area contributed by atoms with E-state index in [0.717, 1.165) is 19.3 Å². The number of sulfonamides is 1. The van der Waals surface area contributed by atoms with Gasteiger partial charge < -0.3 is 10.7 Å². The van der Waals surface area contributed by atoms with Gasteiger partial charge >= 0.3 is 0 Å². The van der Waals surface area contributed by atoms with Gasteiger partial charge in [0, 0.05) is 19.1 Å².